The Labute approximate surface area is 95.0 Å². The zero-order valence-corrected chi connectivity index (χ0v) is 9.78. The molecule has 4 heteroatoms. The van der Waals surface area contributed by atoms with Crippen LogP contribution in [0, 0.1) is 0 Å². The largest absolute Gasteiger partial charge is 0.458 e. The van der Waals surface area contributed by atoms with Gasteiger partial charge in [-0.25, -0.2) is 4.79 Å². The van der Waals surface area contributed by atoms with Gasteiger partial charge in [0.1, 0.15) is 11.6 Å². The van der Waals surface area contributed by atoms with E-state index in [1.165, 1.54) is 0 Å². The Hall–Kier alpha value is -1.58. The fraction of sp³-hybridized carbons (Fsp3) is 0.500. The minimum absolute atomic E-state index is 0.205. The van der Waals surface area contributed by atoms with Gasteiger partial charge in [0.15, 0.2) is 0 Å². The van der Waals surface area contributed by atoms with Gasteiger partial charge < -0.3 is 10.1 Å². The van der Waals surface area contributed by atoms with Crippen molar-refractivity contribution in [3.63, 3.8) is 0 Å². The first-order valence-corrected chi connectivity index (χ1v) is 5.38. The predicted octanol–water partition coefficient (Wildman–Crippen LogP) is 1.76. The van der Waals surface area contributed by atoms with E-state index in [1.54, 1.807) is 12.4 Å². The number of carbonyl (C=O) groups is 1. The first kappa shape index (κ1) is 10.9. The Balaban J connectivity index is 2.04. The van der Waals surface area contributed by atoms with Gasteiger partial charge in [-0.2, -0.15) is 0 Å². The molecule has 0 saturated carbocycles. The van der Waals surface area contributed by atoms with Crippen molar-refractivity contribution in [2.24, 2.45) is 0 Å². The maximum Gasteiger partial charge on any atom is 0.329 e. The van der Waals surface area contributed by atoms with Crippen molar-refractivity contribution in [2.45, 2.75) is 38.8 Å². The summed E-state index contributed by atoms with van der Waals surface area (Å²) in [6.07, 6.45) is 4.14. The molecule has 2 rings (SSSR count). The zero-order valence-electron chi connectivity index (χ0n) is 9.78. The van der Waals surface area contributed by atoms with E-state index < -0.39 is 5.60 Å². The van der Waals surface area contributed by atoms with E-state index in [-0.39, 0.29) is 12.0 Å². The molecule has 0 spiro atoms. The van der Waals surface area contributed by atoms with Crippen LogP contribution >= 0.6 is 0 Å². The van der Waals surface area contributed by atoms with Gasteiger partial charge in [-0.05, 0) is 32.4 Å². The van der Waals surface area contributed by atoms with Crippen LogP contribution in [0.4, 0.5) is 5.69 Å². The lowest BCUT2D eigenvalue weighted by molar-refractivity contribution is -0.155. The second-order valence-electron chi connectivity index (χ2n) is 4.97. The fourth-order valence-corrected chi connectivity index (χ4v) is 1.71. The van der Waals surface area contributed by atoms with Gasteiger partial charge in [-0.3, -0.25) is 4.98 Å². The third-order valence-electron chi connectivity index (χ3n) is 2.36. The first-order valence-electron chi connectivity index (χ1n) is 5.38. The van der Waals surface area contributed by atoms with E-state index in [1.807, 2.05) is 26.8 Å². The Morgan fingerprint density at radius 1 is 1.56 bits per heavy atom. The van der Waals surface area contributed by atoms with Crippen LogP contribution in [0.2, 0.25) is 0 Å². The molecule has 1 atom stereocenters. The van der Waals surface area contributed by atoms with E-state index in [9.17, 15) is 4.79 Å². The molecule has 0 aliphatic carbocycles. The highest BCUT2D eigenvalue weighted by molar-refractivity contribution is 5.82. The molecule has 2 heterocycles. The van der Waals surface area contributed by atoms with E-state index in [2.05, 4.69) is 10.3 Å². The predicted molar refractivity (Wildman–Crippen MR) is 61.2 cm³/mol. The van der Waals surface area contributed by atoms with Gasteiger partial charge in [0.05, 0.1) is 11.9 Å². The van der Waals surface area contributed by atoms with E-state index in [0.717, 1.165) is 11.3 Å². The fourth-order valence-electron chi connectivity index (χ4n) is 1.71. The molecule has 1 aliphatic heterocycles. The van der Waals surface area contributed by atoms with Crippen LogP contribution in [0.1, 0.15) is 26.3 Å². The van der Waals surface area contributed by atoms with Gasteiger partial charge in [0, 0.05) is 12.6 Å². The molecule has 1 aliphatic rings. The Kier molecular flexibility index (Phi) is 2.58. The second-order valence-corrected chi connectivity index (χ2v) is 4.97. The molecule has 0 aromatic carbocycles. The molecule has 0 saturated heterocycles. The summed E-state index contributed by atoms with van der Waals surface area (Å²) in [4.78, 5) is 15.8. The third kappa shape index (κ3) is 2.32. The molecular formula is C12H16N2O2. The van der Waals surface area contributed by atoms with Crippen molar-refractivity contribution in [3.05, 3.63) is 24.0 Å². The summed E-state index contributed by atoms with van der Waals surface area (Å²) in [5.74, 6) is -0.205. The number of ether oxygens (including phenoxy) is 1. The Morgan fingerprint density at radius 2 is 2.31 bits per heavy atom. The molecule has 0 radical (unpaired) electrons. The number of esters is 1. The van der Waals surface area contributed by atoms with Gasteiger partial charge in [0.25, 0.3) is 0 Å². The number of pyridine rings is 1. The summed E-state index contributed by atoms with van der Waals surface area (Å²) < 4.78 is 5.33. The van der Waals surface area contributed by atoms with E-state index in [4.69, 9.17) is 4.74 Å². The van der Waals surface area contributed by atoms with Crippen molar-refractivity contribution < 1.29 is 9.53 Å². The maximum absolute atomic E-state index is 11.8. The molecule has 1 N–H and O–H groups in total. The molecule has 16 heavy (non-hydrogen) atoms. The van der Waals surface area contributed by atoms with Crippen LogP contribution in [0.15, 0.2) is 18.5 Å². The first-order chi connectivity index (χ1) is 7.46. The summed E-state index contributed by atoms with van der Waals surface area (Å²) >= 11 is 0. The number of carbonyl (C=O) groups excluding carboxylic acids is 1. The number of fused-ring (bicyclic) bond motifs is 1. The molecular weight excluding hydrogens is 204 g/mol. The summed E-state index contributed by atoms with van der Waals surface area (Å²) in [6, 6.07) is 1.64. The SMILES string of the molecule is CC(C)(C)OC(=O)C1Cc2ccncc2N1. The topological polar surface area (TPSA) is 51.2 Å². The summed E-state index contributed by atoms with van der Waals surface area (Å²) in [5.41, 5.74) is 1.61. The molecule has 1 aromatic rings. The second kappa shape index (κ2) is 3.77. The highest BCUT2D eigenvalue weighted by atomic mass is 16.6. The lowest BCUT2D eigenvalue weighted by Gasteiger charge is -2.22. The number of nitrogens with one attached hydrogen (secondary N) is 1. The van der Waals surface area contributed by atoms with Crippen LogP contribution in [-0.4, -0.2) is 22.6 Å². The minimum atomic E-state index is -0.439. The standard InChI is InChI=1S/C12H16N2O2/c1-12(2,3)16-11(15)9-6-8-4-5-13-7-10(8)14-9/h4-5,7,9,14H,6H2,1-3H3. The van der Waals surface area contributed by atoms with Crippen LogP contribution in [-0.2, 0) is 16.0 Å². The van der Waals surface area contributed by atoms with Crippen molar-refractivity contribution in [2.75, 3.05) is 5.32 Å². The van der Waals surface area contributed by atoms with Crippen LogP contribution in [0.25, 0.3) is 0 Å². The molecule has 0 fully saturated rings. The van der Waals surface area contributed by atoms with Crippen molar-refractivity contribution in [3.8, 4) is 0 Å². The van der Waals surface area contributed by atoms with Crippen molar-refractivity contribution in [1.29, 1.82) is 0 Å². The third-order valence-corrected chi connectivity index (χ3v) is 2.36. The number of rotatable bonds is 1. The van der Waals surface area contributed by atoms with Crippen LogP contribution in [0.5, 0.6) is 0 Å². The number of nitrogens with zero attached hydrogens (tertiary/aromatic N) is 1. The maximum atomic E-state index is 11.8. The van der Waals surface area contributed by atoms with Gasteiger partial charge in [-0.1, -0.05) is 0 Å². The molecule has 0 amide bonds. The van der Waals surface area contributed by atoms with Gasteiger partial charge >= 0.3 is 5.97 Å². The normalized spacial score (nSPS) is 18.8. The lowest BCUT2D eigenvalue weighted by atomic mass is 10.1. The van der Waals surface area contributed by atoms with E-state index >= 15 is 0 Å². The van der Waals surface area contributed by atoms with E-state index in [0.29, 0.717) is 6.42 Å². The number of hydrogen-bond donors (Lipinski definition) is 1. The molecule has 86 valence electrons. The smallest absolute Gasteiger partial charge is 0.329 e. The van der Waals surface area contributed by atoms with Crippen molar-refractivity contribution >= 4 is 11.7 Å². The van der Waals surface area contributed by atoms with Gasteiger partial charge in [0.2, 0.25) is 0 Å². The van der Waals surface area contributed by atoms with Crippen molar-refractivity contribution in [1.82, 2.24) is 4.98 Å². The monoisotopic (exact) mass is 220 g/mol. The molecule has 1 aromatic heterocycles. The highest BCUT2D eigenvalue weighted by Gasteiger charge is 2.30. The average molecular weight is 220 g/mol. The minimum Gasteiger partial charge on any atom is -0.458 e. The van der Waals surface area contributed by atoms with Gasteiger partial charge in [-0.15, -0.1) is 0 Å². The quantitative estimate of drug-likeness (QED) is 0.733. The summed E-state index contributed by atoms with van der Waals surface area (Å²) in [6.45, 7) is 5.61. The average Bonchev–Trinajstić information content (AvgIpc) is 2.58. The lowest BCUT2D eigenvalue weighted by Crippen LogP contribution is -2.35. The zero-order chi connectivity index (χ0) is 11.8. The number of anilines is 1. The Morgan fingerprint density at radius 3 is 2.94 bits per heavy atom. The number of aromatic nitrogens is 1. The molecule has 0 bridgehead atoms. The molecule has 1 unspecified atom stereocenters. The van der Waals surface area contributed by atoms with Crippen LogP contribution < -0.4 is 5.32 Å². The summed E-state index contributed by atoms with van der Waals surface area (Å²) in [5, 5.41) is 3.12. The van der Waals surface area contributed by atoms with Crippen LogP contribution in [0.3, 0.4) is 0 Å². The number of hydrogen-bond acceptors (Lipinski definition) is 4. The molecule has 4 nitrogen and oxygen atoms in total. The summed E-state index contributed by atoms with van der Waals surface area (Å²) in [7, 11) is 0. The Bertz CT molecular complexity index is 385. The highest BCUT2D eigenvalue weighted by Crippen LogP contribution is 2.25.